The lowest BCUT2D eigenvalue weighted by Gasteiger charge is -2.36. The molecule has 0 atom stereocenters. The molecule has 150 valence electrons. The molecule has 0 unspecified atom stereocenters. The third kappa shape index (κ3) is 4.84. The number of nitrogens with one attached hydrogen (secondary N) is 1. The number of rotatable bonds is 6. The summed E-state index contributed by atoms with van der Waals surface area (Å²) < 4.78 is 5.34. The Balaban J connectivity index is 1.66. The summed E-state index contributed by atoms with van der Waals surface area (Å²) in [5, 5.41) is 3.61. The Morgan fingerprint density at radius 3 is 2.43 bits per heavy atom. The second kappa shape index (κ2) is 9.10. The van der Waals surface area contributed by atoms with Crippen LogP contribution in [0.4, 0.5) is 11.6 Å². The summed E-state index contributed by atoms with van der Waals surface area (Å²) in [7, 11) is 1.52. The van der Waals surface area contributed by atoms with E-state index in [1.165, 1.54) is 7.11 Å². The molecular weight excluding hydrogens is 378 g/mol. The first-order valence-electron chi connectivity index (χ1n) is 9.42. The van der Waals surface area contributed by atoms with Crippen molar-refractivity contribution in [2.45, 2.75) is 13.8 Å². The largest absolute Gasteiger partial charge is 0.480 e. The van der Waals surface area contributed by atoms with Gasteiger partial charge in [0.05, 0.1) is 7.11 Å². The Bertz CT molecular complexity index is 805. The van der Waals surface area contributed by atoms with Gasteiger partial charge in [-0.1, -0.05) is 25.4 Å². The van der Waals surface area contributed by atoms with E-state index in [-0.39, 0.29) is 5.91 Å². The molecule has 8 heteroatoms. The van der Waals surface area contributed by atoms with Crippen molar-refractivity contribution >= 4 is 29.1 Å². The average Bonchev–Trinajstić information content (AvgIpc) is 2.72. The van der Waals surface area contributed by atoms with Crippen molar-refractivity contribution in [3.63, 3.8) is 0 Å². The highest BCUT2D eigenvalue weighted by Crippen LogP contribution is 2.23. The number of amides is 1. The van der Waals surface area contributed by atoms with Gasteiger partial charge in [0.15, 0.2) is 0 Å². The summed E-state index contributed by atoms with van der Waals surface area (Å²) in [6, 6.07) is 7.87. The number of carbonyl (C=O) groups excluding carboxylic acids is 1. The summed E-state index contributed by atoms with van der Waals surface area (Å²) in [6.07, 6.45) is 1.54. The van der Waals surface area contributed by atoms with E-state index in [1.54, 1.807) is 6.20 Å². The van der Waals surface area contributed by atoms with E-state index in [9.17, 15) is 4.79 Å². The highest BCUT2D eigenvalue weighted by molar-refractivity contribution is 6.30. The van der Waals surface area contributed by atoms with Gasteiger partial charge in [0, 0.05) is 49.6 Å². The van der Waals surface area contributed by atoms with Crippen LogP contribution in [-0.4, -0.2) is 55.7 Å². The van der Waals surface area contributed by atoms with E-state index < -0.39 is 0 Å². The molecule has 2 heterocycles. The molecule has 2 aromatic rings. The Morgan fingerprint density at radius 1 is 1.18 bits per heavy atom. The molecule has 28 heavy (non-hydrogen) atoms. The maximum Gasteiger partial charge on any atom is 0.258 e. The molecule has 1 aromatic carbocycles. The molecule has 3 rings (SSSR count). The molecule has 1 aromatic heterocycles. The third-order valence-electron chi connectivity index (χ3n) is 4.60. The predicted molar refractivity (Wildman–Crippen MR) is 112 cm³/mol. The van der Waals surface area contributed by atoms with E-state index in [1.807, 2.05) is 38.1 Å². The molecule has 1 aliphatic rings. The number of carbonyl (C=O) groups is 1. The summed E-state index contributed by atoms with van der Waals surface area (Å²) in [5.41, 5.74) is 1.51. The Morgan fingerprint density at radius 2 is 1.82 bits per heavy atom. The molecule has 7 nitrogen and oxygen atoms in total. The molecule has 1 aliphatic heterocycles. The monoisotopic (exact) mass is 403 g/mol. The normalized spacial score (nSPS) is 14.3. The van der Waals surface area contributed by atoms with Crippen molar-refractivity contribution in [1.29, 1.82) is 0 Å². The van der Waals surface area contributed by atoms with Gasteiger partial charge in [-0.25, -0.2) is 4.98 Å². The van der Waals surface area contributed by atoms with Gasteiger partial charge in [0.2, 0.25) is 11.8 Å². The Labute approximate surface area is 170 Å². The van der Waals surface area contributed by atoms with Gasteiger partial charge >= 0.3 is 0 Å². The summed E-state index contributed by atoms with van der Waals surface area (Å²) >= 11 is 5.97. The molecule has 0 radical (unpaired) electrons. The van der Waals surface area contributed by atoms with Crippen molar-refractivity contribution in [2.24, 2.45) is 5.92 Å². The predicted octanol–water partition coefficient (Wildman–Crippen LogP) is 2.85. The molecule has 1 amide bonds. The number of hydrogen-bond donors (Lipinski definition) is 1. The molecule has 1 fully saturated rings. The number of nitrogens with zero attached hydrogens (tertiary/aromatic N) is 4. The van der Waals surface area contributed by atoms with E-state index in [4.69, 9.17) is 16.3 Å². The fourth-order valence-electron chi connectivity index (χ4n) is 3.03. The highest BCUT2D eigenvalue weighted by atomic mass is 35.5. The first kappa shape index (κ1) is 20.2. The lowest BCUT2D eigenvalue weighted by molar-refractivity contribution is 0.0945. The van der Waals surface area contributed by atoms with Crippen molar-refractivity contribution in [3.8, 4) is 5.88 Å². The molecule has 0 bridgehead atoms. The summed E-state index contributed by atoms with van der Waals surface area (Å²) in [5.74, 6) is 1.02. The number of benzene rings is 1. The number of hydrogen-bond acceptors (Lipinski definition) is 6. The zero-order chi connectivity index (χ0) is 20.1. The van der Waals surface area contributed by atoms with E-state index in [2.05, 4.69) is 25.1 Å². The lowest BCUT2D eigenvalue weighted by atomic mass is 10.2. The maximum atomic E-state index is 12.3. The van der Waals surface area contributed by atoms with Gasteiger partial charge in [-0.3, -0.25) is 4.79 Å². The summed E-state index contributed by atoms with van der Waals surface area (Å²) in [4.78, 5) is 25.6. The van der Waals surface area contributed by atoms with Gasteiger partial charge in [-0.2, -0.15) is 4.98 Å². The van der Waals surface area contributed by atoms with Crippen molar-refractivity contribution < 1.29 is 9.53 Å². The lowest BCUT2D eigenvalue weighted by Crippen LogP contribution is -2.47. The van der Waals surface area contributed by atoms with Crippen LogP contribution in [0.5, 0.6) is 5.88 Å². The van der Waals surface area contributed by atoms with Gasteiger partial charge in [0.1, 0.15) is 5.56 Å². The molecule has 0 saturated carbocycles. The first-order chi connectivity index (χ1) is 13.5. The van der Waals surface area contributed by atoms with Crippen LogP contribution in [0.15, 0.2) is 30.5 Å². The van der Waals surface area contributed by atoms with Gasteiger partial charge in [0.25, 0.3) is 5.91 Å². The minimum atomic E-state index is -0.218. The van der Waals surface area contributed by atoms with Crippen molar-refractivity contribution in [3.05, 3.63) is 41.0 Å². The minimum Gasteiger partial charge on any atom is -0.480 e. The molecule has 1 saturated heterocycles. The van der Waals surface area contributed by atoms with E-state index in [0.29, 0.717) is 29.9 Å². The van der Waals surface area contributed by atoms with Crippen LogP contribution in [0.2, 0.25) is 5.02 Å². The zero-order valence-electron chi connectivity index (χ0n) is 16.5. The minimum absolute atomic E-state index is 0.218. The van der Waals surface area contributed by atoms with Gasteiger partial charge in [-0.15, -0.1) is 0 Å². The fourth-order valence-corrected chi connectivity index (χ4v) is 3.16. The summed E-state index contributed by atoms with van der Waals surface area (Å²) in [6.45, 7) is 7.95. The number of anilines is 2. The standard InChI is InChI=1S/C20H26ClN5O2/c1-14(2)12-22-18(27)17-13-23-20(24-19(17)28-3)26-10-8-25(9-11-26)16-6-4-15(21)5-7-16/h4-7,13-14H,8-12H2,1-3H3,(H,22,27). The Hall–Kier alpha value is -2.54. The topological polar surface area (TPSA) is 70.6 Å². The van der Waals surface area contributed by atoms with E-state index >= 15 is 0 Å². The van der Waals surface area contributed by atoms with E-state index in [0.717, 1.165) is 36.9 Å². The maximum absolute atomic E-state index is 12.3. The van der Waals surface area contributed by atoms with Gasteiger partial charge in [-0.05, 0) is 30.2 Å². The van der Waals surface area contributed by atoms with Crippen LogP contribution in [0.1, 0.15) is 24.2 Å². The van der Waals surface area contributed by atoms with Crippen LogP contribution in [0.3, 0.4) is 0 Å². The van der Waals surface area contributed by atoms with Crippen LogP contribution in [-0.2, 0) is 0 Å². The first-order valence-corrected chi connectivity index (χ1v) is 9.80. The second-order valence-corrected chi connectivity index (χ2v) is 7.58. The zero-order valence-corrected chi connectivity index (χ0v) is 17.2. The highest BCUT2D eigenvalue weighted by Gasteiger charge is 2.22. The van der Waals surface area contributed by atoms with Crippen LogP contribution < -0.4 is 19.9 Å². The molecule has 0 aliphatic carbocycles. The molecule has 0 spiro atoms. The van der Waals surface area contributed by atoms with Crippen LogP contribution >= 0.6 is 11.6 Å². The van der Waals surface area contributed by atoms with Crippen LogP contribution in [0, 0.1) is 5.92 Å². The average molecular weight is 404 g/mol. The number of piperazine rings is 1. The van der Waals surface area contributed by atoms with Crippen LogP contribution in [0.25, 0.3) is 0 Å². The Kier molecular flexibility index (Phi) is 6.57. The number of methoxy groups -OCH3 is 1. The van der Waals surface area contributed by atoms with Crippen molar-refractivity contribution in [2.75, 3.05) is 49.6 Å². The smallest absolute Gasteiger partial charge is 0.258 e. The number of aromatic nitrogens is 2. The third-order valence-corrected chi connectivity index (χ3v) is 4.86. The number of halogens is 1. The fraction of sp³-hybridized carbons (Fsp3) is 0.450. The number of ether oxygens (including phenoxy) is 1. The molecule has 1 N–H and O–H groups in total. The SMILES string of the molecule is COc1nc(N2CCN(c3ccc(Cl)cc3)CC2)ncc1C(=O)NCC(C)C. The quantitative estimate of drug-likeness (QED) is 0.799. The van der Waals surface area contributed by atoms with Gasteiger partial charge < -0.3 is 19.9 Å². The second-order valence-electron chi connectivity index (χ2n) is 7.15. The molecular formula is C20H26ClN5O2. The van der Waals surface area contributed by atoms with Crippen molar-refractivity contribution in [1.82, 2.24) is 15.3 Å².